The fourth-order valence-corrected chi connectivity index (χ4v) is 1.95. The largest absolute Gasteiger partial charge is 0.450 e. The van der Waals surface area contributed by atoms with Crippen LogP contribution in [0.25, 0.3) is 0 Å². The molecule has 0 heterocycles. The Morgan fingerprint density at radius 1 is 1.14 bits per heavy atom. The summed E-state index contributed by atoms with van der Waals surface area (Å²) in [5, 5.41) is 3.39. The van der Waals surface area contributed by atoms with E-state index in [1.54, 1.807) is 24.3 Å². The molecule has 0 aliphatic heterocycles. The summed E-state index contributed by atoms with van der Waals surface area (Å²) < 4.78 is 33.3. The van der Waals surface area contributed by atoms with Crippen LogP contribution in [-0.4, -0.2) is 6.04 Å². The second-order valence-corrected chi connectivity index (χ2v) is 5.36. The number of hydrogen-bond acceptors (Lipinski definition) is 2. The predicted molar refractivity (Wildman–Crippen MR) is 79.9 cm³/mol. The second-order valence-electron chi connectivity index (χ2n) is 4.96. The van der Waals surface area contributed by atoms with Gasteiger partial charge >= 0.3 is 0 Å². The Balaban J connectivity index is 2.23. The monoisotopic (exact) mass is 311 g/mol. The minimum atomic E-state index is -0.754. The van der Waals surface area contributed by atoms with Crippen LogP contribution < -0.4 is 10.1 Å². The maximum Gasteiger partial charge on any atom is 0.198 e. The van der Waals surface area contributed by atoms with E-state index in [0.29, 0.717) is 17.1 Å². The molecule has 112 valence electrons. The summed E-state index contributed by atoms with van der Waals surface area (Å²) in [7, 11) is 0. The fraction of sp³-hybridized carbons (Fsp3) is 0.250. The summed E-state index contributed by atoms with van der Waals surface area (Å²) in [5.74, 6) is -1.74. The molecule has 0 atom stereocenters. The Hall–Kier alpha value is -1.65. The molecule has 0 saturated heterocycles. The Kier molecular flexibility index (Phi) is 5.15. The molecule has 0 aliphatic rings. The third kappa shape index (κ3) is 4.16. The molecule has 0 fully saturated rings. The van der Waals surface area contributed by atoms with E-state index < -0.39 is 17.4 Å². The molecule has 21 heavy (non-hydrogen) atoms. The third-order valence-corrected chi connectivity index (χ3v) is 3.13. The van der Waals surface area contributed by atoms with Gasteiger partial charge in [0.25, 0.3) is 0 Å². The van der Waals surface area contributed by atoms with Gasteiger partial charge in [-0.2, -0.15) is 0 Å². The molecule has 2 rings (SSSR count). The van der Waals surface area contributed by atoms with E-state index in [4.69, 9.17) is 16.3 Å². The highest BCUT2D eigenvalue weighted by atomic mass is 35.5. The molecule has 0 aromatic heterocycles. The Morgan fingerprint density at radius 2 is 1.76 bits per heavy atom. The summed E-state index contributed by atoms with van der Waals surface area (Å²) in [5.41, 5.74) is 0.519. The summed E-state index contributed by atoms with van der Waals surface area (Å²) in [6.07, 6.45) is 0. The van der Waals surface area contributed by atoms with Gasteiger partial charge in [-0.1, -0.05) is 37.6 Å². The van der Waals surface area contributed by atoms with Crippen molar-refractivity contribution in [2.75, 3.05) is 0 Å². The summed E-state index contributed by atoms with van der Waals surface area (Å²) in [4.78, 5) is 0. The zero-order valence-electron chi connectivity index (χ0n) is 11.8. The van der Waals surface area contributed by atoms with Crippen LogP contribution in [0.2, 0.25) is 5.02 Å². The van der Waals surface area contributed by atoms with Gasteiger partial charge in [-0.25, -0.2) is 8.78 Å². The first-order valence-corrected chi connectivity index (χ1v) is 6.99. The van der Waals surface area contributed by atoms with Crippen molar-refractivity contribution in [3.05, 3.63) is 58.6 Å². The van der Waals surface area contributed by atoms with Crippen molar-refractivity contribution in [2.24, 2.45) is 0 Å². The number of rotatable bonds is 5. The minimum Gasteiger partial charge on any atom is -0.450 e. The smallest absolute Gasteiger partial charge is 0.198 e. The first-order chi connectivity index (χ1) is 9.97. The van der Waals surface area contributed by atoms with Gasteiger partial charge < -0.3 is 10.1 Å². The van der Waals surface area contributed by atoms with E-state index in [9.17, 15) is 8.78 Å². The van der Waals surface area contributed by atoms with Gasteiger partial charge in [0.05, 0.1) is 5.02 Å². The van der Waals surface area contributed by atoms with Crippen LogP contribution >= 0.6 is 11.6 Å². The van der Waals surface area contributed by atoms with Crippen LogP contribution in [0.4, 0.5) is 8.78 Å². The standard InChI is InChI=1S/C16H16ClF2NO/c1-10(2)20-9-11-7-13(18)16(14(19)8-11)21-15-6-4-3-5-12(15)17/h3-8,10,20H,9H2,1-2H3. The van der Waals surface area contributed by atoms with E-state index in [1.807, 2.05) is 13.8 Å². The predicted octanol–water partition coefficient (Wildman–Crippen LogP) is 4.91. The molecule has 0 amide bonds. The molecule has 2 nitrogen and oxygen atoms in total. The van der Waals surface area contributed by atoms with Gasteiger partial charge in [0.2, 0.25) is 0 Å². The molecule has 0 radical (unpaired) electrons. The highest BCUT2D eigenvalue weighted by Crippen LogP contribution is 2.32. The lowest BCUT2D eigenvalue weighted by molar-refractivity contribution is 0.406. The molecule has 0 unspecified atom stereocenters. The number of benzene rings is 2. The summed E-state index contributed by atoms with van der Waals surface area (Å²) in [6, 6.07) is 9.27. The molecular weight excluding hydrogens is 296 g/mol. The molecule has 0 aliphatic carbocycles. The van der Waals surface area contributed by atoms with Crippen LogP contribution in [0.15, 0.2) is 36.4 Å². The van der Waals surface area contributed by atoms with Crippen molar-refractivity contribution in [3.63, 3.8) is 0 Å². The number of hydrogen-bond donors (Lipinski definition) is 1. The van der Waals surface area contributed by atoms with E-state index in [2.05, 4.69) is 5.32 Å². The first kappa shape index (κ1) is 15.7. The number of ether oxygens (including phenoxy) is 1. The molecular formula is C16H16ClF2NO. The van der Waals surface area contributed by atoms with Crippen molar-refractivity contribution >= 4 is 11.6 Å². The highest BCUT2D eigenvalue weighted by molar-refractivity contribution is 6.32. The minimum absolute atomic E-state index is 0.213. The molecule has 2 aromatic carbocycles. The number of nitrogens with one attached hydrogen (secondary N) is 1. The van der Waals surface area contributed by atoms with E-state index in [-0.39, 0.29) is 11.8 Å². The lowest BCUT2D eigenvalue weighted by Gasteiger charge is -2.12. The van der Waals surface area contributed by atoms with E-state index >= 15 is 0 Å². The van der Waals surface area contributed by atoms with E-state index in [1.165, 1.54) is 12.1 Å². The topological polar surface area (TPSA) is 21.3 Å². The molecule has 0 bridgehead atoms. The molecule has 5 heteroatoms. The second kappa shape index (κ2) is 6.87. The summed E-state index contributed by atoms with van der Waals surface area (Å²) in [6.45, 7) is 4.31. The lowest BCUT2D eigenvalue weighted by Crippen LogP contribution is -2.22. The zero-order chi connectivity index (χ0) is 15.4. The van der Waals surface area contributed by atoms with Gasteiger partial charge in [-0.3, -0.25) is 0 Å². The summed E-state index contributed by atoms with van der Waals surface area (Å²) >= 11 is 5.91. The highest BCUT2D eigenvalue weighted by Gasteiger charge is 2.15. The maximum absolute atomic E-state index is 14.0. The quantitative estimate of drug-likeness (QED) is 0.847. The SMILES string of the molecule is CC(C)NCc1cc(F)c(Oc2ccccc2Cl)c(F)c1. The molecule has 1 N–H and O–H groups in total. The average Bonchev–Trinajstić information content (AvgIpc) is 2.42. The van der Waals surface area contributed by atoms with Gasteiger partial charge in [0, 0.05) is 12.6 Å². The average molecular weight is 312 g/mol. The van der Waals surface area contributed by atoms with Crippen LogP contribution in [0, 0.1) is 11.6 Å². The fourth-order valence-electron chi connectivity index (χ4n) is 1.77. The third-order valence-electron chi connectivity index (χ3n) is 2.82. The van der Waals surface area contributed by atoms with E-state index in [0.717, 1.165) is 0 Å². The van der Waals surface area contributed by atoms with Crippen molar-refractivity contribution in [1.82, 2.24) is 5.32 Å². The van der Waals surface area contributed by atoms with Gasteiger partial charge in [0.1, 0.15) is 5.75 Å². The van der Waals surface area contributed by atoms with Crippen molar-refractivity contribution in [3.8, 4) is 11.5 Å². The first-order valence-electron chi connectivity index (χ1n) is 6.61. The van der Waals surface area contributed by atoms with Crippen molar-refractivity contribution in [2.45, 2.75) is 26.4 Å². The van der Waals surface area contributed by atoms with Gasteiger partial charge in [-0.15, -0.1) is 0 Å². The maximum atomic E-state index is 14.0. The van der Waals surface area contributed by atoms with Crippen molar-refractivity contribution < 1.29 is 13.5 Å². The van der Waals surface area contributed by atoms with Gasteiger partial charge in [-0.05, 0) is 29.8 Å². The van der Waals surface area contributed by atoms with Crippen molar-refractivity contribution in [1.29, 1.82) is 0 Å². The molecule has 2 aromatic rings. The molecule has 0 spiro atoms. The normalized spacial score (nSPS) is 11.0. The van der Waals surface area contributed by atoms with Crippen LogP contribution in [0.1, 0.15) is 19.4 Å². The molecule has 0 saturated carbocycles. The Morgan fingerprint density at radius 3 is 2.33 bits per heavy atom. The van der Waals surface area contributed by atoms with Crippen LogP contribution in [-0.2, 0) is 6.54 Å². The Labute approximate surface area is 127 Å². The number of para-hydroxylation sites is 1. The Bertz CT molecular complexity index is 608. The van der Waals surface area contributed by atoms with Crippen LogP contribution in [0.5, 0.6) is 11.5 Å². The zero-order valence-corrected chi connectivity index (χ0v) is 12.5. The lowest BCUT2D eigenvalue weighted by atomic mass is 10.2. The van der Waals surface area contributed by atoms with Crippen LogP contribution in [0.3, 0.4) is 0 Å². The van der Waals surface area contributed by atoms with Gasteiger partial charge in [0.15, 0.2) is 17.4 Å². The number of halogens is 3.